The third kappa shape index (κ3) is 3.56. The van der Waals surface area contributed by atoms with Crippen LogP contribution in [0.4, 0.5) is 5.95 Å². The topological polar surface area (TPSA) is 59.9 Å². The van der Waals surface area contributed by atoms with Gasteiger partial charge in [-0.1, -0.05) is 30.3 Å². The van der Waals surface area contributed by atoms with Crippen molar-refractivity contribution in [3.8, 4) is 6.01 Å². The molecule has 0 spiro atoms. The van der Waals surface area contributed by atoms with Crippen LogP contribution in [0, 0.1) is 0 Å². The number of benzene rings is 1. The Labute approximate surface area is 110 Å². The van der Waals surface area contributed by atoms with E-state index in [0.717, 1.165) is 5.56 Å². The Morgan fingerprint density at radius 3 is 2.67 bits per heavy atom. The maximum Gasteiger partial charge on any atom is 0.322 e. The summed E-state index contributed by atoms with van der Waals surface area (Å²) in [5, 5.41) is 3.08. The first-order valence-corrected chi connectivity index (χ1v) is 5.98. The molecule has 18 heavy (non-hydrogen) atoms. The summed E-state index contributed by atoms with van der Waals surface area (Å²) < 4.78 is 5.47. The van der Waals surface area contributed by atoms with Crippen molar-refractivity contribution < 1.29 is 4.74 Å². The van der Waals surface area contributed by atoms with Crippen molar-refractivity contribution in [1.29, 1.82) is 0 Å². The molecule has 0 aliphatic heterocycles. The number of hydrogen-bond donors (Lipinski definition) is 1. The quantitative estimate of drug-likeness (QED) is 0.899. The highest BCUT2D eigenvalue weighted by Gasteiger charge is 2.05. The van der Waals surface area contributed by atoms with Gasteiger partial charge in [-0.3, -0.25) is 0 Å². The minimum atomic E-state index is 0.115. The summed E-state index contributed by atoms with van der Waals surface area (Å²) in [6, 6.07) is 10.00. The number of halogens is 1. The van der Waals surface area contributed by atoms with Gasteiger partial charge in [0.15, 0.2) is 0 Å². The van der Waals surface area contributed by atoms with Crippen molar-refractivity contribution >= 4 is 17.5 Å². The molecule has 0 unspecified atom stereocenters. The summed E-state index contributed by atoms with van der Waals surface area (Å²) >= 11 is 5.79. The molecular weight excluding hydrogens is 252 g/mol. The average Bonchev–Trinajstić information content (AvgIpc) is 2.37. The maximum absolute atomic E-state index is 5.79. The lowest BCUT2D eigenvalue weighted by molar-refractivity contribution is 0.280. The number of anilines is 1. The Balaban J connectivity index is 2.05. The van der Waals surface area contributed by atoms with E-state index in [2.05, 4.69) is 20.3 Å². The number of hydrogen-bond acceptors (Lipinski definition) is 5. The lowest BCUT2D eigenvalue weighted by Crippen LogP contribution is -2.06. The number of ether oxygens (including phenoxy) is 1. The van der Waals surface area contributed by atoms with Crippen molar-refractivity contribution in [2.45, 2.75) is 13.5 Å². The fraction of sp³-hybridized carbons (Fsp3) is 0.250. The molecule has 1 heterocycles. The molecule has 0 aliphatic carbocycles. The molecule has 2 rings (SSSR count). The van der Waals surface area contributed by atoms with Gasteiger partial charge in [0, 0.05) is 6.54 Å². The first-order valence-electron chi connectivity index (χ1n) is 5.60. The highest BCUT2D eigenvalue weighted by molar-refractivity contribution is 6.28. The van der Waals surface area contributed by atoms with E-state index >= 15 is 0 Å². The van der Waals surface area contributed by atoms with Crippen LogP contribution >= 0.6 is 11.6 Å². The molecule has 0 amide bonds. The van der Waals surface area contributed by atoms with Crippen LogP contribution in [0.3, 0.4) is 0 Å². The van der Waals surface area contributed by atoms with Crippen LogP contribution in [0.5, 0.6) is 6.01 Å². The summed E-state index contributed by atoms with van der Waals surface area (Å²) in [5.74, 6) is 0.417. The molecule has 5 nitrogen and oxygen atoms in total. The molecule has 1 aromatic heterocycles. The predicted molar refractivity (Wildman–Crippen MR) is 69.8 cm³/mol. The summed E-state index contributed by atoms with van der Waals surface area (Å²) in [6.07, 6.45) is 0. The van der Waals surface area contributed by atoms with E-state index in [-0.39, 0.29) is 11.3 Å². The number of aromatic nitrogens is 3. The van der Waals surface area contributed by atoms with Crippen LogP contribution in [0.25, 0.3) is 0 Å². The van der Waals surface area contributed by atoms with Crippen LogP contribution in [-0.4, -0.2) is 21.5 Å². The van der Waals surface area contributed by atoms with Gasteiger partial charge >= 0.3 is 6.01 Å². The highest BCUT2D eigenvalue weighted by Crippen LogP contribution is 2.12. The van der Waals surface area contributed by atoms with Crippen LogP contribution in [0.1, 0.15) is 12.5 Å². The van der Waals surface area contributed by atoms with Gasteiger partial charge in [0.1, 0.15) is 6.61 Å². The molecular formula is C12H13ClN4O. The Kier molecular flexibility index (Phi) is 4.30. The zero-order valence-corrected chi connectivity index (χ0v) is 10.7. The van der Waals surface area contributed by atoms with Crippen molar-refractivity contribution in [3.63, 3.8) is 0 Å². The molecule has 2 aromatic rings. The van der Waals surface area contributed by atoms with Crippen molar-refractivity contribution in [1.82, 2.24) is 15.0 Å². The van der Waals surface area contributed by atoms with Crippen LogP contribution in [0.15, 0.2) is 30.3 Å². The van der Waals surface area contributed by atoms with Gasteiger partial charge in [-0.15, -0.1) is 0 Å². The zero-order chi connectivity index (χ0) is 12.8. The summed E-state index contributed by atoms with van der Waals surface area (Å²) in [5.41, 5.74) is 1.04. The third-order valence-electron chi connectivity index (χ3n) is 2.13. The Bertz CT molecular complexity index is 507. The fourth-order valence-electron chi connectivity index (χ4n) is 1.36. The largest absolute Gasteiger partial charge is 0.458 e. The van der Waals surface area contributed by atoms with Crippen LogP contribution in [0.2, 0.25) is 5.28 Å². The molecule has 0 radical (unpaired) electrons. The van der Waals surface area contributed by atoms with Crippen molar-refractivity contribution in [2.24, 2.45) is 0 Å². The lowest BCUT2D eigenvalue weighted by atomic mass is 10.2. The SMILES string of the molecule is CCNc1nc(Cl)nc(OCc2ccccc2)n1. The summed E-state index contributed by atoms with van der Waals surface area (Å²) in [6.45, 7) is 3.05. The Morgan fingerprint density at radius 1 is 1.17 bits per heavy atom. The maximum atomic E-state index is 5.79. The van der Waals surface area contributed by atoms with Gasteiger partial charge in [-0.05, 0) is 24.1 Å². The van der Waals surface area contributed by atoms with Gasteiger partial charge in [0.2, 0.25) is 11.2 Å². The number of nitrogens with one attached hydrogen (secondary N) is 1. The second kappa shape index (κ2) is 6.16. The molecule has 0 saturated heterocycles. The standard InChI is InChI=1S/C12H13ClN4O/c1-2-14-11-15-10(13)16-12(17-11)18-8-9-6-4-3-5-7-9/h3-7H,2,8H2,1H3,(H,14,15,16,17). The van der Waals surface area contributed by atoms with Crippen LogP contribution < -0.4 is 10.1 Å². The minimum Gasteiger partial charge on any atom is -0.458 e. The number of nitrogens with zero attached hydrogens (tertiary/aromatic N) is 3. The average molecular weight is 265 g/mol. The molecule has 6 heteroatoms. The fourth-order valence-corrected chi connectivity index (χ4v) is 1.51. The van der Waals surface area contributed by atoms with Gasteiger partial charge in [0.25, 0.3) is 0 Å². The molecule has 0 atom stereocenters. The lowest BCUT2D eigenvalue weighted by Gasteiger charge is -2.06. The van der Waals surface area contributed by atoms with Gasteiger partial charge < -0.3 is 10.1 Å². The Hall–Kier alpha value is -1.88. The van der Waals surface area contributed by atoms with E-state index in [1.54, 1.807) is 0 Å². The number of rotatable bonds is 5. The normalized spacial score (nSPS) is 10.1. The van der Waals surface area contributed by atoms with Crippen molar-refractivity contribution in [2.75, 3.05) is 11.9 Å². The predicted octanol–water partition coefficient (Wildman–Crippen LogP) is 2.54. The first-order chi connectivity index (χ1) is 8.78. The van der Waals surface area contributed by atoms with E-state index in [1.165, 1.54) is 0 Å². The minimum absolute atomic E-state index is 0.115. The van der Waals surface area contributed by atoms with Gasteiger partial charge in [-0.2, -0.15) is 15.0 Å². The smallest absolute Gasteiger partial charge is 0.322 e. The first kappa shape index (κ1) is 12.6. The molecule has 0 bridgehead atoms. The molecule has 1 N–H and O–H groups in total. The van der Waals surface area contributed by atoms with E-state index in [1.807, 2.05) is 37.3 Å². The Morgan fingerprint density at radius 2 is 1.94 bits per heavy atom. The van der Waals surface area contributed by atoms with Crippen molar-refractivity contribution in [3.05, 3.63) is 41.2 Å². The van der Waals surface area contributed by atoms with E-state index < -0.39 is 0 Å². The molecule has 0 aliphatic rings. The van der Waals surface area contributed by atoms with Gasteiger partial charge in [0.05, 0.1) is 0 Å². The third-order valence-corrected chi connectivity index (χ3v) is 2.30. The second-order valence-electron chi connectivity index (χ2n) is 3.52. The highest BCUT2D eigenvalue weighted by atomic mass is 35.5. The van der Waals surface area contributed by atoms with E-state index in [9.17, 15) is 0 Å². The van der Waals surface area contributed by atoms with E-state index in [0.29, 0.717) is 19.1 Å². The molecule has 1 aromatic carbocycles. The summed E-state index contributed by atoms with van der Waals surface area (Å²) in [4.78, 5) is 11.9. The van der Waals surface area contributed by atoms with Gasteiger partial charge in [-0.25, -0.2) is 0 Å². The molecule has 0 fully saturated rings. The second-order valence-corrected chi connectivity index (χ2v) is 3.85. The molecule has 94 valence electrons. The molecule has 0 saturated carbocycles. The zero-order valence-electron chi connectivity index (χ0n) is 9.93. The monoisotopic (exact) mass is 264 g/mol. The van der Waals surface area contributed by atoms with Crippen LogP contribution in [-0.2, 0) is 6.61 Å². The van der Waals surface area contributed by atoms with E-state index in [4.69, 9.17) is 16.3 Å². The summed E-state index contributed by atoms with van der Waals surface area (Å²) in [7, 11) is 0.